The number of hydrogen-bond donors (Lipinski definition) is 2. The summed E-state index contributed by atoms with van der Waals surface area (Å²) in [5, 5.41) is 0. The van der Waals surface area contributed by atoms with Crippen molar-refractivity contribution in [3.63, 3.8) is 0 Å². The van der Waals surface area contributed by atoms with Gasteiger partial charge < -0.3 is 5.73 Å². The van der Waals surface area contributed by atoms with Crippen LogP contribution in [-0.2, 0) is 20.0 Å². The summed E-state index contributed by atoms with van der Waals surface area (Å²) in [7, 11) is -6.96. The van der Waals surface area contributed by atoms with E-state index in [9.17, 15) is 16.8 Å². The third kappa shape index (κ3) is 5.32. The Kier molecular flexibility index (Phi) is 7.48. The van der Waals surface area contributed by atoms with Gasteiger partial charge in [0.1, 0.15) is 0 Å². The van der Waals surface area contributed by atoms with E-state index in [1.54, 1.807) is 0 Å². The van der Waals surface area contributed by atoms with E-state index in [0.29, 0.717) is 31.6 Å². The van der Waals surface area contributed by atoms with Crippen LogP contribution < -0.4 is 10.5 Å². The zero-order valence-electron chi connectivity index (χ0n) is 13.5. The van der Waals surface area contributed by atoms with Crippen molar-refractivity contribution < 1.29 is 16.8 Å². The molecule has 138 valence electrons. The minimum atomic E-state index is -3.57. The number of hydrogen-bond acceptors (Lipinski definition) is 5. The fourth-order valence-corrected chi connectivity index (χ4v) is 5.16. The van der Waals surface area contributed by atoms with Crippen LogP contribution in [-0.4, -0.2) is 46.0 Å². The van der Waals surface area contributed by atoms with Gasteiger partial charge in [-0.05, 0) is 37.1 Å². The molecule has 0 spiro atoms. The van der Waals surface area contributed by atoms with E-state index in [-0.39, 0.29) is 29.1 Å². The van der Waals surface area contributed by atoms with Gasteiger partial charge in [0, 0.05) is 24.8 Å². The number of nitrogens with two attached hydrogens (primary N) is 1. The number of nitrogens with zero attached hydrogens (tertiary/aromatic N) is 1. The molecule has 1 fully saturated rings. The van der Waals surface area contributed by atoms with Crippen molar-refractivity contribution in [2.24, 2.45) is 5.73 Å². The van der Waals surface area contributed by atoms with Gasteiger partial charge >= 0.3 is 0 Å². The highest BCUT2D eigenvalue weighted by atomic mass is 35.5. The van der Waals surface area contributed by atoms with Gasteiger partial charge in [-0.2, -0.15) is 4.31 Å². The normalized spacial score (nSPS) is 19.0. The third-order valence-corrected chi connectivity index (χ3v) is 6.97. The Morgan fingerprint density at radius 2 is 1.83 bits per heavy atom. The molecule has 1 heterocycles. The highest BCUT2D eigenvalue weighted by Gasteiger charge is 2.30. The smallest absolute Gasteiger partial charge is 0.243 e. The molecule has 1 saturated heterocycles. The van der Waals surface area contributed by atoms with Crippen molar-refractivity contribution in [3.05, 3.63) is 24.3 Å². The average molecular weight is 398 g/mol. The number of sulfonamides is 2. The van der Waals surface area contributed by atoms with E-state index in [2.05, 4.69) is 4.72 Å². The molecule has 7 nitrogen and oxygen atoms in total. The molecule has 1 aromatic rings. The lowest BCUT2D eigenvalue weighted by Gasteiger charge is -2.16. The molecule has 3 N–H and O–H groups in total. The van der Waals surface area contributed by atoms with Crippen LogP contribution in [0.4, 0.5) is 5.69 Å². The maximum atomic E-state index is 12.4. The lowest BCUT2D eigenvalue weighted by Crippen LogP contribution is -2.31. The topological polar surface area (TPSA) is 110 Å². The van der Waals surface area contributed by atoms with Crippen LogP contribution in [0.1, 0.15) is 26.2 Å². The highest BCUT2D eigenvalue weighted by molar-refractivity contribution is 7.92. The third-order valence-electron chi connectivity index (χ3n) is 3.72. The summed E-state index contributed by atoms with van der Waals surface area (Å²) in [6, 6.07) is 5.63. The molecular weight excluding hydrogens is 374 g/mol. The van der Waals surface area contributed by atoms with Crippen LogP contribution in [0, 0.1) is 0 Å². The first-order chi connectivity index (χ1) is 10.7. The Morgan fingerprint density at radius 3 is 2.33 bits per heavy atom. The predicted molar refractivity (Wildman–Crippen MR) is 97.4 cm³/mol. The number of anilines is 1. The van der Waals surface area contributed by atoms with Crippen LogP contribution in [0.15, 0.2) is 29.2 Å². The van der Waals surface area contributed by atoms with Gasteiger partial charge in [-0.15, -0.1) is 12.4 Å². The van der Waals surface area contributed by atoms with E-state index < -0.39 is 20.0 Å². The van der Waals surface area contributed by atoms with Crippen LogP contribution in [0.5, 0.6) is 0 Å². The van der Waals surface area contributed by atoms with Gasteiger partial charge in [0.25, 0.3) is 0 Å². The Morgan fingerprint density at radius 1 is 1.21 bits per heavy atom. The summed E-state index contributed by atoms with van der Waals surface area (Å²) >= 11 is 0. The van der Waals surface area contributed by atoms with Crippen LogP contribution in [0.25, 0.3) is 0 Å². The quantitative estimate of drug-likeness (QED) is 0.722. The number of halogens is 1. The SMILES string of the molecule is CCCCS(=O)(=O)Nc1ccc(S(=O)(=O)N2CC[C@@H](N)C2)cc1.Cl. The van der Waals surface area contributed by atoms with Gasteiger partial charge in [-0.3, -0.25) is 4.72 Å². The molecule has 1 aliphatic heterocycles. The Balaban J connectivity index is 0.00000288. The second-order valence-electron chi connectivity index (χ2n) is 5.71. The second-order valence-corrected chi connectivity index (χ2v) is 9.49. The van der Waals surface area contributed by atoms with Crippen molar-refractivity contribution in [1.82, 2.24) is 4.31 Å². The lowest BCUT2D eigenvalue weighted by atomic mass is 10.3. The maximum absolute atomic E-state index is 12.4. The molecule has 10 heteroatoms. The van der Waals surface area contributed by atoms with Crippen LogP contribution >= 0.6 is 12.4 Å². The standard InChI is InChI=1S/C14H23N3O4S2.ClH/c1-2-3-10-22(18,19)16-13-4-6-14(7-5-13)23(20,21)17-9-8-12(15)11-17;/h4-7,12,16H,2-3,8-11,15H2,1H3;1H/t12-;/m1./s1. The monoisotopic (exact) mass is 397 g/mol. The first kappa shape index (κ1) is 21.2. The van der Waals surface area contributed by atoms with E-state index in [1.165, 1.54) is 28.6 Å². The zero-order chi connectivity index (χ0) is 17.1. The maximum Gasteiger partial charge on any atom is 0.243 e. The van der Waals surface area contributed by atoms with Gasteiger partial charge in [0.05, 0.1) is 10.6 Å². The van der Waals surface area contributed by atoms with Gasteiger partial charge in [0.15, 0.2) is 0 Å². The molecule has 0 unspecified atom stereocenters. The number of rotatable bonds is 7. The molecule has 0 radical (unpaired) electrons. The Hall–Kier alpha value is -0.870. The van der Waals surface area contributed by atoms with Gasteiger partial charge in [-0.25, -0.2) is 16.8 Å². The summed E-state index contributed by atoms with van der Waals surface area (Å²) < 4.78 is 52.4. The molecule has 2 rings (SSSR count). The molecule has 0 saturated carbocycles. The molecule has 24 heavy (non-hydrogen) atoms. The second kappa shape index (κ2) is 8.48. The predicted octanol–water partition coefficient (Wildman–Crippen LogP) is 1.37. The number of unbranched alkanes of at least 4 members (excludes halogenated alkanes) is 1. The molecule has 1 atom stereocenters. The summed E-state index contributed by atoms with van der Waals surface area (Å²) in [5.41, 5.74) is 6.11. The average Bonchev–Trinajstić information content (AvgIpc) is 2.93. The van der Waals surface area contributed by atoms with Crippen LogP contribution in [0.3, 0.4) is 0 Å². The molecule has 0 amide bonds. The number of benzene rings is 1. The van der Waals surface area contributed by atoms with Crippen molar-refractivity contribution in [1.29, 1.82) is 0 Å². The Labute approximate surface area is 150 Å². The molecule has 0 aromatic heterocycles. The lowest BCUT2D eigenvalue weighted by molar-refractivity contribution is 0.472. The first-order valence-electron chi connectivity index (χ1n) is 7.61. The molecular formula is C14H24ClN3O4S2. The summed E-state index contributed by atoms with van der Waals surface area (Å²) in [4.78, 5) is 0.142. The van der Waals surface area contributed by atoms with E-state index >= 15 is 0 Å². The Bertz CT molecular complexity index is 736. The van der Waals surface area contributed by atoms with Gasteiger partial charge in [-0.1, -0.05) is 13.3 Å². The highest BCUT2D eigenvalue weighted by Crippen LogP contribution is 2.22. The van der Waals surface area contributed by atoms with Crippen molar-refractivity contribution in [2.75, 3.05) is 23.6 Å². The van der Waals surface area contributed by atoms with Crippen molar-refractivity contribution in [3.8, 4) is 0 Å². The minimum Gasteiger partial charge on any atom is -0.326 e. The van der Waals surface area contributed by atoms with Crippen molar-refractivity contribution in [2.45, 2.75) is 37.1 Å². The fraction of sp³-hybridized carbons (Fsp3) is 0.571. The molecule has 0 aliphatic carbocycles. The van der Waals surface area contributed by atoms with E-state index in [4.69, 9.17) is 5.73 Å². The minimum absolute atomic E-state index is 0. The number of nitrogens with one attached hydrogen (secondary N) is 1. The van der Waals surface area contributed by atoms with Gasteiger partial charge in [0.2, 0.25) is 20.0 Å². The molecule has 0 bridgehead atoms. The van der Waals surface area contributed by atoms with Crippen LogP contribution in [0.2, 0.25) is 0 Å². The molecule has 1 aromatic carbocycles. The summed E-state index contributed by atoms with van der Waals surface area (Å²) in [6.45, 7) is 2.64. The van der Waals surface area contributed by atoms with E-state index in [1.807, 2.05) is 6.92 Å². The summed E-state index contributed by atoms with van der Waals surface area (Å²) in [6.07, 6.45) is 2.02. The summed E-state index contributed by atoms with van der Waals surface area (Å²) in [5.74, 6) is 0.0508. The van der Waals surface area contributed by atoms with Crippen molar-refractivity contribution >= 4 is 38.1 Å². The fourth-order valence-electron chi connectivity index (χ4n) is 2.38. The zero-order valence-corrected chi connectivity index (χ0v) is 16.0. The molecule has 1 aliphatic rings. The van der Waals surface area contributed by atoms with E-state index in [0.717, 1.165) is 6.42 Å². The first-order valence-corrected chi connectivity index (χ1v) is 10.7. The largest absolute Gasteiger partial charge is 0.326 e.